The van der Waals surface area contributed by atoms with Crippen LogP contribution in [0.25, 0.3) is 0 Å². The smallest absolute Gasteiger partial charge is 0.235 e. The number of ketones is 1. The van der Waals surface area contributed by atoms with Gasteiger partial charge in [-0.05, 0) is 42.2 Å². The van der Waals surface area contributed by atoms with Crippen LogP contribution in [-0.2, 0) is 6.42 Å². The summed E-state index contributed by atoms with van der Waals surface area (Å²) in [7, 11) is 0. The first-order valence-corrected chi connectivity index (χ1v) is 6.08. The van der Waals surface area contributed by atoms with E-state index in [1.54, 1.807) is 0 Å². The molecule has 0 aromatic heterocycles. The largest absolute Gasteiger partial charge is 0.279 e. The summed E-state index contributed by atoms with van der Waals surface area (Å²) in [6.45, 7) is 0. The van der Waals surface area contributed by atoms with Gasteiger partial charge in [-0.25, -0.2) is 4.39 Å². The van der Waals surface area contributed by atoms with Gasteiger partial charge in [0.2, 0.25) is 5.78 Å². The van der Waals surface area contributed by atoms with Crippen LogP contribution in [0.4, 0.5) is 4.39 Å². The first-order chi connectivity index (χ1) is 9.25. The molecule has 2 rings (SSSR count). The SMILES string of the molecule is O=C(C#CCCc1ccccc1)c1ccc(F)cc1. The minimum atomic E-state index is -0.353. The number of benzene rings is 2. The van der Waals surface area contributed by atoms with E-state index >= 15 is 0 Å². The molecular formula is C17H13FO. The summed E-state index contributed by atoms with van der Waals surface area (Å²) in [5.74, 6) is 4.81. The van der Waals surface area contributed by atoms with Gasteiger partial charge in [0.15, 0.2) is 0 Å². The summed E-state index contributed by atoms with van der Waals surface area (Å²) in [5.41, 5.74) is 1.62. The Morgan fingerprint density at radius 1 is 1.00 bits per heavy atom. The second-order valence-corrected chi connectivity index (χ2v) is 4.12. The van der Waals surface area contributed by atoms with Gasteiger partial charge in [-0.3, -0.25) is 4.79 Å². The number of halogens is 1. The summed E-state index contributed by atoms with van der Waals surface area (Å²) in [6.07, 6.45) is 1.46. The Balaban J connectivity index is 1.90. The Bertz CT molecular complexity index is 603. The molecular weight excluding hydrogens is 239 g/mol. The molecule has 0 aliphatic heterocycles. The van der Waals surface area contributed by atoms with E-state index in [9.17, 15) is 9.18 Å². The van der Waals surface area contributed by atoms with Gasteiger partial charge in [0.25, 0.3) is 0 Å². The molecule has 19 heavy (non-hydrogen) atoms. The van der Waals surface area contributed by atoms with Crippen molar-refractivity contribution in [1.29, 1.82) is 0 Å². The maximum absolute atomic E-state index is 12.7. The van der Waals surface area contributed by atoms with Crippen LogP contribution < -0.4 is 0 Å². The highest BCUT2D eigenvalue weighted by atomic mass is 19.1. The van der Waals surface area contributed by atoms with Gasteiger partial charge in [0.05, 0.1) is 0 Å². The molecule has 0 amide bonds. The number of carbonyl (C=O) groups excluding carboxylic acids is 1. The molecule has 0 fully saturated rings. The van der Waals surface area contributed by atoms with Gasteiger partial charge in [0, 0.05) is 12.0 Å². The fourth-order valence-corrected chi connectivity index (χ4v) is 1.67. The van der Waals surface area contributed by atoms with Crippen molar-refractivity contribution in [2.75, 3.05) is 0 Å². The number of hydrogen-bond donors (Lipinski definition) is 0. The Hall–Kier alpha value is -2.40. The molecule has 2 aromatic carbocycles. The van der Waals surface area contributed by atoms with Gasteiger partial charge in [-0.2, -0.15) is 0 Å². The van der Waals surface area contributed by atoms with E-state index in [1.165, 1.54) is 29.8 Å². The molecule has 0 spiro atoms. The highest BCUT2D eigenvalue weighted by Gasteiger charge is 2.01. The molecule has 0 aliphatic rings. The van der Waals surface area contributed by atoms with Crippen LogP contribution in [0.5, 0.6) is 0 Å². The van der Waals surface area contributed by atoms with Crippen molar-refractivity contribution < 1.29 is 9.18 Å². The minimum absolute atomic E-state index is 0.270. The Labute approximate surface area is 112 Å². The molecule has 2 aromatic rings. The first kappa shape index (κ1) is 13.0. The summed E-state index contributed by atoms with van der Waals surface area (Å²) in [5, 5.41) is 0. The van der Waals surface area contributed by atoms with Gasteiger partial charge in [-0.15, -0.1) is 0 Å². The fourth-order valence-electron chi connectivity index (χ4n) is 1.67. The highest BCUT2D eigenvalue weighted by Crippen LogP contribution is 2.04. The van der Waals surface area contributed by atoms with Crippen molar-refractivity contribution in [3.63, 3.8) is 0 Å². The molecule has 94 valence electrons. The molecule has 0 bridgehead atoms. The quantitative estimate of drug-likeness (QED) is 0.463. The normalized spacial score (nSPS) is 9.53. The number of hydrogen-bond acceptors (Lipinski definition) is 1. The molecule has 0 saturated heterocycles. The number of aryl methyl sites for hydroxylation is 1. The monoisotopic (exact) mass is 252 g/mol. The van der Waals surface area contributed by atoms with Crippen molar-refractivity contribution in [3.8, 4) is 11.8 Å². The zero-order valence-corrected chi connectivity index (χ0v) is 10.4. The van der Waals surface area contributed by atoms with Gasteiger partial charge in [0.1, 0.15) is 5.82 Å². The average molecular weight is 252 g/mol. The number of Topliss-reactive ketones (excluding diaryl/α,β-unsaturated/α-hetero) is 1. The van der Waals surface area contributed by atoms with Crippen molar-refractivity contribution in [2.45, 2.75) is 12.8 Å². The van der Waals surface area contributed by atoms with Crippen molar-refractivity contribution >= 4 is 5.78 Å². The van der Waals surface area contributed by atoms with Crippen LogP contribution in [-0.4, -0.2) is 5.78 Å². The molecule has 0 N–H and O–H groups in total. The highest BCUT2D eigenvalue weighted by molar-refractivity contribution is 6.08. The fraction of sp³-hybridized carbons (Fsp3) is 0.118. The van der Waals surface area contributed by atoms with Crippen LogP contribution in [0.2, 0.25) is 0 Å². The van der Waals surface area contributed by atoms with Gasteiger partial charge in [-0.1, -0.05) is 36.3 Å². The van der Waals surface area contributed by atoms with Crippen molar-refractivity contribution in [2.24, 2.45) is 0 Å². The zero-order valence-electron chi connectivity index (χ0n) is 10.4. The molecule has 0 aliphatic carbocycles. The standard InChI is InChI=1S/C17H13FO/c18-16-12-10-15(11-13-16)17(19)9-5-4-8-14-6-2-1-3-7-14/h1-3,6-7,10-13H,4,8H2. The van der Waals surface area contributed by atoms with E-state index < -0.39 is 0 Å². The van der Waals surface area contributed by atoms with Crippen LogP contribution in [0.15, 0.2) is 54.6 Å². The van der Waals surface area contributed by atoms with E-state index in [2.05, 4.69) is 11.8 Å². The van der Waals surface area contributed by atoms with E-state index in [0.717, 1.165) is 6.42 Å². The summed E-state index contributed by atoms with van der Waals surface area (Å²) in [4.78, 5) is 11.7. The molecule has 0 unspecified atom stereocenters. The van der Waals surface area contributed by atoms with E-state index in [1.807, 2.05) is 30.3 Å². The molecule has 0 heterocycles. The summed E-state index contributed by atoms with van der Waals surface area (Å²) >= 11 is 0. The van der Waals surface area contributed by atoms with Crippen LogP contribution >= 0.6 is 0 Å². The Kier molecular flexibility index (Phi) is 4.47. The minimum Gasteiger partial charge on any atom is -0.279 e. The predicted octanol–water partition coefficient (Wildman–Crippen LogP) is 3.64. The maximum atomic E-state index is 12.7. The number of rotatable bonds is 3. The second kappa shape index (κ2) is 6.51. The topological polar surface area (TPSA) is 17.1 Å². The lowest BCUT2D eigenvalue weighted by Gasteiger charge is -1.95. The van der Waals surface area contributed by atoms with Gasteiger partial charge < -0.3 is 0 Å². The van der Waals surface area contributed by atoms with Crippen LogP contribution in [0.1, 0.15) is 22.3 Å². The molecule has 0 atom stereocenters. The average Bonchev–Trinajstić information content (AvgIpc) is 2.45. The predicted molar refractivity (Wildman–Crippen MR) is 73.3 cm³/mol. The third kappa shape index (κ3) is 4.08. The lowest BCUT2D eigenvalue weighted by atomic mass is 10.1. The molecule has 0 saturated carbocycles. The zero-order chi connectivity index (χ0) is 13.5. The molecule has 0 radical (unpaired) electrons. The van der Waals surface area contributed by atoms with E-state index in [0.29, 0.717) is 12.0 Å². The molecule has 1 nitrogen and oxygen atoms in total. The lowest BCUT2D eigenvalue weighted by Crippen LogP contribution is -1.94. The second-order valence-electron chi connectivity index (χ2n) is 4.12. The third-order valence-corrected chi connectivity index (χ3v) is 2.69. The summed E-state index contributed by atoms with van der Waals surface area (Å²) in [6, 6.07) is 15.4. The van der Waals surface area contributed by atoms with Crippen LogP contribution in [0.3, 0.4) is 0 Å². The summed E-state index contributed by atoms with van der Waals surface area (Å²) < 4.78 is 12.7. The first-order valence-electron chi connectivity index (χ1n) is 6.08. The Morgan fingerprint density at radius 2 is 1.68 bits per heavy atom. The molecule has 2 heteroatoms. The van der Waals surface area contributed by atoms with Gasteiger partial charge >= 0.3 is 0 Å². The van der Waals surface area contributed by atoms with E-state index in [4.69, 9.17) is 0 Å². The van der Waals surface area contributed by atoms with Crippen molar-refractivity contribution in [3.05, 3.63) is 71.5 Å². The van der Waals surface area contributed by atoms with Crippen LogP contribution in [0, 0.1) is 17.7 Å². The Morgan fingerprint density at radius 3 is 2.37 bits per heavy atom. The maximum Gasteiger partial charge on any atom is 0.235 e. The lowest BCUT2D eigenvalue weighted by molar-refractivity contribution is 0.105. The van der Waals surface area contributed by atoms with Crippen molar-refractivity contribution in [1.82, 2.24) is 0 Å². The van der Waals surface area contributed by atoms with E-state index in [-0.39, 0.29) is 11.6 Å². The third-order valence-electron chi connectivity index (χ3n) is 2.69. The number of carbonyl (C=O) groups is 1.